The number of amides is 1. The Morgan fingerprint density at radius 2 is 2.00 bits per heavy atom. The molecule has 6 nitrogen and oxygen atoms in total. The second-order valence-corrected chi connectivity index (χ2v) is 7.48. The third-order valence-corrected chi connectivity index (χ3v) is 5.31. The second kappa shape index (κ2) is 9.06. The molecule has 27 heavy (non-hydrogen) atoms. The summed E-state index contributed by atoms with van der Waals surface area (Å²) in [6.45, 7) is 8.69. The molecule has 0 radical (unpaired) electrons. The molecule has 1 aliphatic heterocycles. The molecule has 1 aliphatic rings. The number of halogens is 2. The monoisotopic (exact) mass is 410 g/mol. The van der Waals surface area contributed by atoms with Gasteiger partial charge in [-0.1, -0.05) is 23.2 Å². The fourth-order valence-corrected chi connectivity index (χ4v) is 3.71. The average molecular weight is 411 g/mol. The lowest BCUT2D eigenvalue weighted by Gasteiger charge is -2.26. The van der Waals surface area contributed by atoms with E-state index in [4.69, 9.17) is 27.9 Å². The van der Waals surface area contributed by atoms with Crippen molar-refractivity contribution in [1.29, 1.82) is 0 Å². The van der Waals surface area contributed by atoms with Gasteiger partial charge < -0.3 is 10.1 Å². The maximum atomic E-state index is 12.4. The first-order chi connectivity index (χ1) is 13.0. The van der Waals surface area contributed by atoms with Crippen molar-refractivity contribution in [2.45, 2.75) is 20.3 Å². The van der Waals surface area contributed by atoms with Crippen LogP contribution in [-0.4, -0.2) is 60.0 Å². The molecule has 0 spiro atoms. The standard InChI is InChI=1S/C19H24Cl2N4O2/c1-13-16(12-19(26)22-5-6-24-7-9-27-10-8-24)14(2)25(23-13)18-4-3-15(20)11-17(18)21/h3-4,11H,5-10,12H2,1-2H3,(H,22,26). The maximum Gasteiger partial charge on any atom is 0.224 e. The molecule has 1 amide bonds. The van der Waals surface area contributed by atoms with Crippen molar-refractivity contribution in [3.63, 3.8) is 0 Å². The molecule has 2 aromatic rings. The zero-order valence-corrected chi connectivity index (χ0v) is 17.1. The lowest BCUT2D eigenvalue weighted by molar-refractivity contribution is -0.120. The van der Waals surface area contributed by atoms with Crippen molar-refractivity contribution in [1.82, 2.24) is 20.0 Å². The molecule has 146 valence electrons. The van der Waals surface area contributed by atoms with Crippen LogP contribution < -0.4 is 5.32 Å². The van der Waals surface area contributed by atoms with Gasteiger partial charge in [-0.05, 0) is 32.0 Å². The summed E-state index contributed by atoms with van der Waals surface area (Å²) < 4.78 is 7.10. The van der Waals surface area contributed by atoms with E-state index in [1.807, 2.05) is 19.9 Å². The van der Waals surface area contributed by atoms with Gasteiger partial charge >= 0.3 is 0 Å². The van der Waals surface area contributed by atoms with Gasteiger partial charge in [0.25, 0.3) is 0 Å². The first kappa shape index (κ1) is 20.1. The Labute approximate surface area is 169 Å². The van der Waals surface area contributed by atoms with E-state index in [2.05, 4.69) is 15.3 Å². The molecule has 0 aliphatic carbocycles. The maximum absolute atomic E-state index is 12.4. The molecule has 2 heterocycles. The smallest absolute Gasteiger partial charge is 0.224 e. The Kier molecular flexibility index (Phi) is 6.76. The highest BCUT2D eigenvalue weighted by atomic mass is 35.5. The SMILES string of the molecule is Cc1nn(-c2ccc(Cl)cc2Cl)c(C)c1CC(=O)NCCN1CCOCC1. The summed E-state index contributed by atoms with van der Waals surface area (Å²) >= 11 is 12.3. The predicted molar refractivity (Wildman–Crippen MR) is 107 cm³/mol. The summed E-state index contributed by atoms with van der Waals surface area (Å²) in [4.78, 5) is 14.7. The van der Waals surface area contributed by atoms with E-state index in [9.17, 15) is 4.79 Å². The van der Waals surface area contributed by atoms with Crippen LogP contribution >= 0.6 is 23.2 Å². The zero-order valence-electron chi connectivity index (χ0n) is 15.6. The van der Waals surface area contributed by atoms with Crippen molar-refractivity contribution < 1.29 is 9.53 Å². The molecular weight excluding hydrogens is 387 g/mol. The molecule has 0 atom stereocenters. The lowest BCUT2D eigenvalue weighted by Crippen LogP contribution is -2.41. The number of hydrogen-bond acceptors (Lipinski definition) is 4. The van der Waals surface area contributed by atoms with Gasteiger partial charge in [0.05, 0.1) is 36.0 Å². The van der Waals surface area contributed by atoms with Crippen LogP contribution in [0.4, 0.5) is 0 Å². The predicted octanol–water partition coefficient (Wildman–Crippen LogP) is 2.79. The van der Waals surface area contributed by atoms with E-state index in [1.54, 1.807) is 16.8 Å². The number of aryl methyl sites for hydroxylation is 1. The summed E-state index contributed by atoms with van der Waals surface area (Å²) in [6, 6.07) is 5.29. The van der Waals surface area contributed by atoms with Crippen LogP contribution in [0.15, 0.2) is 18.2 Å². The van der Waals surface area contributed by atoms with E-state index < -0.39 is 0 Å². The van der Waals surface area contributed by atoms with E-state index in [0.717, 1.165) is 55.5 Å². The molecule has 0 unspecified atom stereocenters. The third-order valence-electron chi connectivity index (χ3n) is 4.77. The number of nitrogens with zero attached hydrogens (tertiary/aromatic N) is 3. The van der Waals surface area contributed by atoms with Crippen LogP contribution in [0, 0.1) is 13.8 Å². The number of carbonyl (C=O) groups excluding carboxylic acids is 1. The van der Waals surface area contributed by atoms with Gasteiger partial charge in [-0.3, -0.25) is 9.69 Å². The van der Waals surface area contributed by atoms with E-state index in [0.29, 0.717) is 23.0 Å². The normalized spacial score (nSPS) is 15.1. The van der Waals surface area contributed by atoms with Crippen molar-refractivity contribution in [3.05, 3.63) is 45.2 Å². The summed E-state index contributed by atoms with van der Waals surface area (Å²) in [5.41, 5.74) is 3.40. The van der Waals surface area contributed by atoms with Crippen LogP contribution in [0.1, 0.15) is 17.0 Å². The highest BCUT2D eigenvalue weighted by molar-refractivity contribution is 6.35. The molecule has 1 fully saturated rings. The summed E-state index contributed by atoms with van der Waals surface area (Å²) in [6.07, 6.45) is 0.298. The van der Waals surface area contributed by atoms with E-state index >= 15 is 0 Å². The third kappa shape index (κ3) is 5.02. The van der Waals surface area contributed by atoms with Gasteiger partial charge in [-0.25, -0.2) is 4.68 Å². The Hall–Kier alpha value is -1.60. The van der Waals surface area contributed by atoms with Crippen molar-refractivity contribution >= 4 is 29.1 Å². The number of aromatic nitrogens is 2. The fraction of sp³-hybridized carbons (Fsp3) is 0.474. The van der Waals surface area contributed by atoms with Crippen molar-refractivity contribution in [3.8, 4) is 5.69 Å². The number of carbonyl (C=O) groups is 1. The van der Waals surface area contributed by atoms with Gasteiger partial charge in [0, 0.05) is 42.5 Å². The highest BCUT2D eigenvalue weighted by Gasteiger charge is 2.18. The topological polar surface area (TPSA) is 59.4 Å². The van der Waals surface area contributed by atoms with Gasteiger partial charge in [-0.15, -0.1) is 0 Å². The first-order valence-electron chi connectivity index (χ1n) is 9.03. The van der Waals surface area contributed by atoms with Gasteiger partial charge in [0.15, 0.2) is 0 Å². The Morgan fingerprint density at radius 1 is 1.26 bits per heavy atom. The molecule has 1 N–H and O–H groups in total. The number of rotatable bonds is 6. The van der Waals surface area contributed by atoms with Gasteiger partial charge in [0.2, 0.25) is 5.91 Å². The Morgan fingerprint density at radius 3 is 2.70 bits per heavy atom. The molecule has 1 saturated heterocycles. The molecule has 0 saturated carbocycles. The fourth-order valence-electron chi connectivity index (χ4n) is 3.22. The molecule has 8 heteroatoms. The number of ether oxygens (including phenoxy) is 1. The Bertz CT molecular complexity index is 816. The lowest BCUT2D eigenvalue weighted by atomic mass is 10.1. The summed E-state index contributed by atoms with van der Waals surface area (Å²) in [5, 5.41) is 8.66. The summed E-state index contributed by atoms with van der Waals surface area (Å²) in [5.74, 6) is -0.00351. The largest absolute Gasteiger partial charge is 0.379 e. The summed E-state index contributed by atoms with van der Waals surface area (Å²) in [7, 11) is 0. The Balaban J connectivity index is 1.63. The molecule has 1 aromatic heterocycles. The minimum atomic E-state index is -0.00351. The first-order valence-corrected chi connectivity index (χ1v) is 9.78. The van der Waals surface area contributed by atoms with Crippen molar-refractivity contribution in [2.75, 3.05) is 39.4 Å². The van der Waals surface area contributed by atoms with E-state index in [-0.39, 0.29) is 5.91 Å². The van der Waals surface area contributed by atoms with Crippen molar-refractivity contribution in [2.24, 2.45) is 0 Å². The second-order valence-electron chi connectivity index (χ2n) is 6.64. The minimum Gasteiger partial charge on any atom is -0.379 e. The average Bonchev–Trinajstić information content (AvgIpc) is 2.91. The van der Waals surface area contributed by atoms with Crippen LogP contribution in [0.25, 0.3) is 5.69 Å². The van der Waals surface area contributed by atoms with E-state index in [1.165, 1.54) is 0 Å². The molecule has 3 rings (SSSR count). The van der Waals surface area contributed by atoms with Crippen LogP contribution in [-0.2, 0) is 16.0 Å². The highest BCUT2D eigenvalue weighted by Crippen LogP contribution is 2.27. The number of morpholine rings is 1. The number of hydrogen-bond donors (Lipinski definition) is 1. The molecule has 0 bridgehead atoms. The number of benzene rings is 1. The minimum absolute atomic E-state index is 0.00351. The number of nitrogens with one attached hydrogen (secondary N) is 1. The van der Waals surface area contributed by atoms with Crippen LogP contribution in [0.2, 0.25) is 10.0 Å². The zero-order chi connectivity index (χ0) is 19.4. The van der Waals surface area contributed by atoms with Crippen LogP contribution in [0.5, 0.6) is 0 Å². The molecule has 1 aromatic carbocycles. The quantitative estimate of drug-likeness (QED) is 0.795. The van der Waals surface area contributed by atoms with Gasteiger partial charge in [0.1, 0.15) is 0 Å². The molecular formula is C19H24Cl2N4O2. The van der Waals surface area contributed by atoms with Crippen LogP contribution in [0.3, 0.4) is 0 Å². The van der Waals surface area contributed by atoms with Gasteiger partial charge in [-0.2, -0.15) is 5.10 Å².